The van der Waals surface area contributed by atoms with E-state index >= 15 is 0 Å². The molecule has 0 aliphatic carbocycles. The van der Waals surface area contributed by atoms with Crippen molar-refractivity contribution in [2.75, 3.05) is 4.43 Å². The second-order valence-corrected chi connectivity index (χ2v) is 3.88. The number of alkyl halides is 1. The molecule has 1 heteroatoms. The summed E-state index contributed by atoms with van der Waals surface area (Å²) in [5.41, 5.74) is 0. The van der Waals surface area contributed by atoms with E-state index in [1.807, 2.05) is 0 Å². The van der Waals surface area contributed by atoms with Gasteiger partial charge in [0, 0.05) is 0 Å². The lowest BCUT2D eigenvalue weighted by Gasteiger charge is -1.91. The Morgan fingerprint density at radius 1 is 1.00 bits per heavy atom. The lowest BCUT2D eigenvalue weighted by molar-refractivity contribution is 0.727. The molecule has 0 rings (SSSR count). The summed E-state index contributed by atoms with van der Waals surface area (Å²) in [6.45, 7) is 2.25. The van der Waals surface area contributed by atoms with Crippen molar-refractivity contribution in [1.29, 1.82) is 0 Å². The topological polar surface area (TPSA) is 0 Å². The molecule has 0 amide bonds. The molecular formula is C10H19I. The van der Waals surface area contributed by atoms with Gasteiger partial charge in [-0.05, 0) is 30.1 Å². The molecule has 0 unspecified atom stereocenters. The number of unbranched alkanes of at least 4 members (excludes halogenated alkanes) is 4. The van der Waals surface area contributed by atoms with Gasteiger partial charge < -0.3 is 0 Å². The third-order valence-electron chi connectivity index (χ3n) is 1.65. The third-order valence-corrected chi connectivity index (χ3v) is 2.41. The fourth-order valence-electron chi connectivity index (χ4n) is 0.943. The van der Waals surface area contributed by atoms with E-state index in [0.717, 1.165) is 0 Å². The molecule has 0 atom stereocenters. The molecule has 0 aromatic heterocycles. The van der Waals surface area contributed by atoms with Gasteiger partial charge in [0.05, 0.1) is 0 Å². The molecule has 0 saturated heterocycles. The van der Waals surface area contributed by atoms with E-state index in [1.54, 1.807) is 0 Å². The molecule has 0 aliphatic rings. The third kappa shape index (κ3) is 10.5. The zero-order chi connectivity index (χ0) is 8.36. The van der Waals surface area contributed by atoms with Gasteiger partial charge in [-0.2, -0.15) is 0 Å². The lowest BCUT2D eigenvalue weighted by Crippen LogP contribution is -1.72. The summed E-state index contributed by atoms with van der Waals surface area (Å²) in [6.07, 6.45) is 12.7. The van der Waals surface area contributed by atoms with Gasteiger partial charge in [0.2, 0.25) is 0 Å². The highest BCUT2D eigenvalue weighted by Gasteiger charge is 1.81. The van der Waals surface area contributed by atoms with Gasteiger partial charge in [-0.25, -0.2) is 0 Å². The SMILES string of the molecule is CCCCC/C=C\CCCI. The summed E-state index contributed by atoms with van der Waals surface area (Å²) in [5, 5.41) is 0. The van der Waals surface area contributed by atoms with Crippen LogP contribution in [-0.4, -0.2) is 4.43 Å². The number of allylic oxidation sites excluding steroid dienone is 2. The second kappa shape index (κ2) is 10.5. The van der Waals surface area contributed by atoms with E-state index in [0.29, 0.717) is 0 Å². The maximum absolute atomic E-state index is 2.43. The Kier molecular flexibility index (Phi) is 10.9. The average molecular weight is 266 g/mol. The molecule has 0 aliphatic heterocycles. The van der Waals surface area contributed by atoms with Gasteiger partial charge in [-0.15, -0.1) is 0 Å². The van der Waals surface area contributed by atoms with Crippen molar-refractivity contribution in [1.82, 2.24) is 0 Å². The molecular weight excluding hydrogens is 247 g/mol. The molecule has 0 radical (unpaired) electrons. The van der Waals surface area contributed by atoms with E-state index < -0.39 is 0 Å². The molecule has 0 heterocycles. The monoisotopic (exact) mass is 266 g/mol. The van der Waals surface area contributed by atoms with Gasteiger partial charge in [0.15, 0.2) is 0 Å². The summed E-state index contributed by atoms with van der Waals surface area (Å²) >= 11 is 2.43. The summed E-state index contributed by atoms with van der Waals surface area (Å²) in [6, 6.07) is 0. The first-order valence-corrected chi connectivity index (χ1v) is 6.15. The summed E-state index contributed by atoms with van der Waals surface area (Å²) < 4.78 is 1.29. The van der Waals surface area contributed by atoms with Crippen LogP contribution >= 0.6 is 22.6 Å². The standard InChI is InChI=1S/C10H19I/c1-2-3-4-5-6-7-8-9-10-11/h6-7H,2-5,8-10H2,1H3/b7-6-. The molecule has 0 aromatic rings. The Morgan fingerprint density at radius 2 is 1.64 bits per heavy atom. The van der Waals surface area contributed by atoms with Crippen LogP contribution in [0.5, 0.6) is 0 Å². The first kappa shape index (κ1) is 11.5. The molecule has 66 valence electrons. The van der Waals surface area contributed by atoms with Crippen LogP contribution in [-0.2, 0) is 0 Å². The first-order chi connectivity index (χ1) is 5.41. The number of hydrogen-bond donors (Lipinski definition) is 0. The van der Waals surface area contributed by atoms with Crippen LogP contribution in [0.3, 0.4) is 0 Å². The quantitative estimate of drug-likeness (QED) is 0.278. The van der Waals surface area contributed by atoms with Crippen molar-refractivity contribution in [2.24, 2.45) is 0 Å². The zero-order valence-electron chi connectivity index (χ0n) is 7.48. The Hall–Kier alpha value is 0.470. The highest BCUT2D eigenvalue weighted by molar-refractivity contribution is 14.1. The molecule has 0 N–H and O–H groups in total. The minimum absolute atomic E-state index is 1.27. The first-order valence-electron chi connectivity index (χ1n) is 4.62. The minimum atomic E-state index is 1.27. The molecule has 0 saturated carbocycles. The molecule has 0 fully saturated rings. The van der Waals surface area contributed by atoms with E-state index in [1.165, 1.54) is 43.0 Å². The van der Waals surface area contributed by atoms with Gasteiger partial charge in [0.1, 0.15) is 0 Å². The van der Waals surface area contributed by atoms with Crippen LogP contribution in [0.25, 0.3) is 0 Å². The van der Waals surface area contributed by atoms with E-state index in [2.05, 4.69) is 41.7 Å². The molecule has 11 heavy (non-hydrogen) atoms. The zero-order valence-corrected chi connectivity index (χ0v) is 9.64. The summed E-state index contributed by atoms with van der Waals surface area (Å²) in [4.78, 5) is 0. The van der Waals surface area contributed by atoms with Crippen LogP contribution in [0.15, 0.2) is 12.2 Å². The molecule has 0 nitrogen and oxygen atoms in total. The fourth-order valence-corrected chi connectivity index (χ4v) is 1.38. The van der Waals surface area contributed by atoms with Crippen LogP contribution in [0, 0.1) is 0 Å². The number of hydrogen-bond acceptors (Lipinski definition) is 0. The summed E-state index contributed by atoms with van der Waals surface area (Å²) in [5.74, 6) is 0. The highest BCUT2D eigenvalue weighted by atomic mass is 127. The molecule has 0 bridgehead atoms. The van der Waals surface area contributed by atoms with Crippen molar-refractivity contribution in [3.8, 4) is 0 Å². The average Bonchev–Trinajstić information content (AvgIpc) is 2.03. The largest absolute Gasteiger partial charge is 0.0885 e. The van der Waals surface area contributed by atoms with Crippen LogP contribution < -0.4 is 0 Å². The van der Waals surface area contributed by atoms with Crippen molar-refractivity contribution in [3.05, 3.63) is 12.2 Å². The maximum atomic E-state index is 2.43. The molecule has 0 spiro atoms. The normalized spacial score (nSPS) is 11.1. The van der Waals surface area contributed by atoms with E-state index in [4.69, 9.17) is 0 Å². The van der Waals surface area contributed by atoms with Gasteiger partial charge in [0.25, 0.3) is 0 Å². The van der Waals surface area contributed by atoms with Crippen molar-refractivity contribution < 1.29 is 0 Å². The van der Waals surface area contributed by atoms with Gasteiger partial charge >= 0.3 is 0 Å². The van der Waals surface area contributed by atoms with Crippen LogP contribution in [0.1, 0.15) is 45.4 Å². The van der Waals surface area contributed by atoms with Crippen LogP contribution in [0.2, 0.25) is 0 Å². The van der Waals surface area contributed by atoms with Crippen molar-refractivity contribution in [3.63, 3.8) is 0 Å². The van der Waals surface area contributed by atoms with Gasteiger partial charge in [-0.1, -0.05) is 54.5 Å². The predicted molar refractivity (Wildman–Crippen MR) is 61.4 cm³/mol. The number of halogens is 1. The van der Waals surface area contributed by atoms with E-state index in [9.17, 15) is 0 Å². The van der Waals surface area contributed by atoms with E-state index in [-0.39, 0.29) is 0 Å². The second-order valence-electron chi connectivity index (χ2n) is 2.80. The van der Waals surface area contributed by atoms with Crippen molar-refractivity contribution >= 4 is 22.6 Å². The van der Waals surface area contributed by atoms with Gasteiger partial charge in [-0.3, -0.25) is 0 Å². The Labute approximate surface area is 84.6 Å². The number of rotatable bonds is 7. The van der Waals surface area contributed by atoms with Crippen molar-refractivity contribution in [2.45, 2.75) is 45.4 Å². The molecule has 0 aromatic carbocycles. The lowest BCUT2D eigenvalue weighted by atomic mass is 10.2. The summed E-state index contributed by atoms with van der Waals surface area (Å²) in [7, 11) is 0. The minimum Gasteiger partial charge on any atom is -0.0885 e. The predicted octanol–water partition coefficient (Wildman–Crippen LogP) is 4.34. The Balaban J connectivity index is 2.91. The Bertz CT molecular complexity index is 86.9. The Morgan fingerprint density at radius 3 is 2.18 bits per heavy atom. The van der Waals surface area contributed by atoms with Crippen LogP contribution in [0.4, 0.5) is 0 Å². The maximum Gasteiger partial charge on any atom is -0.000178 e. The highest BCUT2D eigenvalue weighted by Crippen LogP contribution is 2.01. The fraction of sp³-hybridized carbons (Fsp3) is 0.800. The smallest absolute Gasteiger partial charge is 0.000178 e.